The predicted octanol–water partition coefficient (Wildman–Crippen LogP) is 5.08. The maximum Gasteiger partial charge on any atom is 0.101 e. The molecule has 1 atom stereocenters. The minimum Gasteiger partial charge on any atom is -0.377 e. The number of anilines is 1. The summed E-state index contributed by atoms with van der Waals surface area (Å²) in [4.78, 5) is 0. The van der Waals surface area contributed by atoms with E-state index in [1.807, 2.05) is 0 Å². The third kappa shape index (κ3) is 3.31. The monoisotopic (exact) mass is 284 g/mol. The summed E-state index contributed by atoms with van der Waals surface area (Å²) in [7, 11) is 0. The van der Waals surface area contributed by atoms with Crippen LogP contribution in [-0.2, 0) is 0 Å². The second-order valence-electron chi connectivity index (χ2n) is 4.82. The van der Waals surface area contributed by atoms with Crippen LogP contribution in [-0.4, -0.2) is 0 Å². The Morgan fingerprint density at radius 3 is 2.50 bits per heavy atom. The summed E-state index contributed by atoms with van der Waals surface area (Å²) < 4.78 is 0. The predicted molar refractivity (Wildman–Crippen MR) is 84.0 cm³/mol. The molecule has 3 heteroatoms. The van der Waals surface area contributed by atoms with E-state index in [0.29, 0.717) is 10.6 Å². The van der Waals surface area contributed by atoms with Crippen molar-refractivity contribution in [1.29, 1.82) is 5.26 Å². The van der Waals surface area contributed by atoms with Gasteiger partial charge in [-0.2, -0.15) is 5.26 Å². The fourth-order valence-corrected chi connectivity index (χ4v) is 2.31. The Bertz CT molecular complexity index is 626. The van der Waals surface area contributed by atoms with Crippen LogP contribution in [0.4, 0.5) is 5.69 Å². The molecule has 0 bridgehead atoms. The summed E-state index contributed by atoms with van der Waals surface area (Å²) in [5.74, 6) is 0. The largest absolute Gasteiger partial charge is 0.377 e. The number of benzene rings is 2. The van der Waals surface area contributed by atoms with Gasteiger partial charge in [-0.1, -0.05) is 48.4 Å². The Hall–Kier alpha value is -1.98. The molecule has 2 aromatic carbocycles. The van der Waals surface area contributed by atoms with Gasteiger partial charge >= 0.3 is 0 Å². The van der Waals surface area contributed by atoms with Crippen LogP contribution in [0.25, 0.3) is 0 Å². The van der Waals surface area contributed by atoms with Crippen molar-refractivity contribution in [3.05, 3.63) is 64.2 Å². The minimum atomic E-state index is 0.168. The van der Waals surface area contributed by atoms with Gasteiger partial charge in [0.1, 0.15) is 6.07 Å². The molecule has 0 aliphatic heterocycles. The number of nitriles is 1. The van der Waals surface area contributed by atoms with E-state index >= 15 is 0 Å². The van der Waals surface area contributed by atoms with Gasteiger partial charge in [0.25, 0.3) is 0 Å². The van der Waals surface area contributed by atoms with Crippen LogP contribution in [0.3, 0.4) is 0 Å². The van der Waals surface area contributed by atoms with E-state index < -0.39 is 0 Å². The fraction of sp³-hybridized carbons (Fsp3) is 0.235. The van der Waals surface area contributed by atoms with Crippen LogP contribution in [0, 0.1) is 18.3 Å². The first-order valence-electron chi connectivity index (χ1n) is 6.66. The number of rotatable bonds is 4. The standard InChI is InChI=1S/C17H17ClN2/c1-3-16(13-6-4-12(2)5-7-13)20-17-10-15(18)9-8-14(17)11-19/h4-10,16,20H,3H2,1-2H3. The molecule has 0 amide bonds. The Kier molecular flexibility index (Phi) is 4.65. The van der Waals surface area contributed by atoms with Crippen molar-refractivity contribution in [3.63, 3.8) is 0 Å². The molecule has 0 saturated heterocycles. The van der Waals surface area contributed by atoms with Crippen LogP contribution in [0.2, 0.25) is 5.02 Å². The maximum atomic E-state index is 9.17. The van der Waals surface area contributed by atoms with E-state index in [-0.39, 0.29) is 6.04 Å². The van der Waals surface area contributed by atoms with Crippen molar-refractivity contribution in [1.82, 2.24) is 0 Å². The fourth-order valence-electron chi connectivity index (χ4n) is 2.14. The SMILES string of the molecule is CCC(Nc1cc(Cl)ccc1C#N)c1ccc(C)cc1. The van der Waals surface area contributed by atoms with Gasteiger partial charge in [-0.05, 0) is 37.1 Å². The summed E-state index contributed by atoms with van der Waals surface area (Å²) >= 11 is 6.02. The van der Waals surface area contributed by atoms with Gasteiger partial charge in [-0.15, -0.1) is 0 Å². The van der Waals surface area contributed by atoms with Crippen LogP contribution in [0.1, 0.15) is 36.1 Å². The van der Waals surface area contributed by atoms with Crippen LogP contribution < -0.4 is 5.32 Å². The lowest BCUT2D eigenvalue weighted by Gasteiger charge is -2.20. The summed E-state index contributed by atoms with van der Waals surface area (Å²) in [6.07, 6.45) is 0.931. The highest BCUT2D eigenvalue weighted by Gasteiger charge is 2.11. The average Bonchev–Trinajstić information content (AvgIpc) is 2.46. The lowest BCUT2D eigenvalue weighted by Crippen LogP contribution is -2.10. The molecule has 0 saturated carbocycles. The van der Waals surface area contributed by atoms with Crippen molar-refractivity contribution >= 4 is 17.3 Å². The first-order chi connectivity index (χ1) is 9.63. The first kappa shape index (κ1) is 14.4. The minimum absolute atomic E-state index is 0.168. The molecule has 1 N–H and O–H groups in total. The summed E-state index contributed by atoms with van der Waals surface area (Å²) in [6.45, 7) is 4.19. The highest BCUT2D eigenvalue weighted by Crippen LogP contribution is 2.27. The third-order valence-electron chi connectivity index (χ3n) is 3.32. The van der Waals surface area contributed by atoms with E-state index in [9.17, 15) is 0 Å². The van der Waals surface area contributed by atoms with Gasteiger partial charge in [0.15, 0.2) is 0 Å². The van der Waals surface area contributed by atoms with Gasteiger partial charge in [0, 0.05) is 5.02 Å². The lowest BCUT2D eigenvalue weighted by atomic mass is 10.0. The molecule has 0 heterocycles. The molecule has 0 radical (unpaired) electrons. The maximum absolute atomic E-state index is 9.17. The topological polar surface area (TPSA) is 35.8 Å². The Morgan fingerprint density at radius 1 is 1.20 bits per heavy atom. The molecule has 1 unspecified atom stereocenters. The van der Waals surface area contributed by atoms with Crippen LogP contribution in [0.5, 0.6) is 0 Å². The van der Waals surface area contributed by atoms with E-state index in [1.165, 1.54) is 11.1 Å². The number of nitrogens with zero attached hydrogens (tertiary/aromatic N) is 1. The Labute approximate surface area is 125 Å². The third-order valence-corrected chi connectivity index (χ3v) is 3.55. The van der Waals surface area contributed by atoms with Crippen molar-refractivity contribution in [2.24, 2.45) is 0 Å². The molecule has 0 aliphatic carbocycles. The Balaban J connectivity index is 2.29. The van der Waals surface area contributed by atoms with E-state index in [4.69, 9.17) is 16.9 Å². The highest BCUT2D eigenvalue weighted by atomic mass is 35.5. The second kappa shape index (κ2) is 6.45. The number of nitrogens with one attached hydrogen (secondary N) is 1. The zero-order valence-electron chi connectivity index (χ0n) is 11.7. The van der Waals surface area contributed by atoms with E-state index in [0.717, 1.165) is 12.1 Å². The van der Waals surface area contributed by atoms with Gasteiger partial charge < -0.3 is 5.32 Å². The molecular formula is C17H17ClN2. The molecule has 102 valence electrons. The molecular weight excluding hydrogens is 268 g/mol. The zero-order valence-corrected chi connectivity index (χ0v) is 12.4. The van der Waals surface area contributed by atoms with E-state index in [1.54, 1.807) is 18.2 Å². The van der Waals surface area contributed by atoms with Gasteiger partial charge in [0.05, 0.1) is 17.3 Å². The van der Waals surface area contributed by atoms with E-state index in [2.05, 4.69) is 49.5 Å². The van der Waals surface area contributed by atoms with Crippen molar-refractivity contribution < 1.29 is 0 Å². The molecule has 2 rings (SSSR count). The van der Waals surface area contributed by atoms with Crippen molar-refractivity contribution in [2.75, 3.05) is 5.32 Å². The van der Waals surface area contributed by atoms with Gasteiger partial charge in [0.2, 0.25) is 0 Å². The van der Waals surface area contributed by atoms with Crippen LogP contribution in [0.15, 0.2) is 42.5 Å². The molecule has 0 spiro atoms. The van der Waals surface area contributed by atoms with Crippen molar-refractivity contribution in [3.8, 4) is 6.07 Å². The number of hydrogen-bond acceptors (Lipinski definition) is 2. The number of hydrogen-bond donors (Lipinski definition) is 1. The quantitative estimate of drug-likeness (QED) is 0.849. The average molecular weight is 285 g/mol. The Morgan fingerprint density at radius 2 is 1.90 bits per heavy atom. The normalized spacial score (nSPS) is 11.7. The number of aryl methyl sites for hydroxylation is 1. The van der Waals surface area contributed by atoms with Gasteiger partial charge in [-0.3, -0.25) is 0 Å². The summed E-state index contributed by atoms with van der Waals surface area (Å²) in [6, 6.07) is 16.1. The molecule has 0 aromatic heterocycles. The zero-order chi connectivity index (χ0) is 14.5. The highest BCUT2D eigenvalue weighted by molar-refractivity contribution is 6.30. The smallest absolute Gasteiger partial charge is 0.101 e. The first-order valence-corrected chi connectivity index (χ1v) is 7.04. The molecule has 20 heavy (non-hydrogen) atoms. The van der Waals surface area contributed by atoms with Gasteiger partial charge in [-0.25, -0.2) is 0 Å². The molecule has 2 aromatic rings. The summed E-state index contributed by atoms with van der Waals surface area (Å²) in [5, 5.41) is 13.2. The second-order valence-corrected chi connectivity index (χ2v) is 5.25. The molecule has 0 aliphatic rings. The molecule has 2 nitrogen and oxygen atoms in total. The van der Waals surface area contributed by atoms with Crippen LogP contribution >= 0.6 is 11.6 Å². The van der Waals surface area contributed by atoms with Crippen molar-refractivity contribution in [2.45, 2.75) is 26.3 Å². The molecule has 0 fully saturated rings. The lowest BCUT2D eigenvalue weighted by molar-refractivity contribution is 0.749. The summed E-state index contributed by atoms with van der Waals surface area (Å²) in [5.41, 5.74) is 3.85. The number of halogens is 1.